The van der Waals surface area contributed by atoms with Crippen LogP contribution < -0.4 is 10.6 Å². The number of amides is 2. The number of rotatable bonds is 13. The van der Waals surface area contributed by atoms with Crippen LogP contribution in [0.25, 0.3) is 0 Å². The van der Waals surface area contributed by atoms with E-state index in [0.29, 0.717) is 45.4 Å². The van der Waals surface area contributed by atoms with Crippen LogP contribution in [0.1, 0.15) is 62.8 Å². The second-order valence-corrected chi connectivity index (χ2v) is 13.3. The number of nitrogens with zero attached hydrogens (tertiary/aromatic N) is 2. The predicted octanol–water partition coefficient (Wildman–Crippen LogP) is 2.14. The molecule has 2 amide bonds. The third-order valence-electron chi connectivity index (χ3n) is 8.44. The molecule has 4 rings (SSSR count). The highest BCUT2D eigenvalue weighted by Gasteiger charge is 2.37. The van der Waals surface area contributed by atoms with E-state index in [-0.39, 0.29) is 31.2 Å². The van der Waals surface area contributed by atoms with Gasteiger partial charge in [0.05, 0.1) is 18.2 Å². The summed E-state index contributed by atoms with van der Waals surface area (Å²) in [6.07, 6.45) is 0.0878. The highest BCUT2D eigenvalue weighted by molar-refractivity contribution is 5.83. The topological polar surface area (TPSA) is 142 Å². The second-order valence-electron chi connectivity index (χ2n) is 13.3. The largest absolute Gasteiger partial charge is 0.481 e. The quantitative estimate of drug-likeness (QED) is 0.233. The van der Waals surface area contributed by atoms with Crippen molar-refractivity contribution < 1.29 is 29.7 Å². The third-order valence-corrected chi connectivity index (χ3v) is 8.44. The monoisotopic (exact) mass is 608 g/mol. The van der Waals surface area contributed by atoms with E-state index in [2.05, 4.69) is 15.5 Å². The SMILES string of the molecule is CC(C)(C)NC(=O)[C@@H]1CN(CCCC(=O)O)CCN1C[C@@H](O)C[C@@H](Cc1ccccc1)C(=O)N[C@H]1c2ccccc2C[C@H]1O. The van der Waals surface area contributed by atoms with E-state index < -0.39 is 41.7 Å². The molecule has 2 aliphatic rings. The van der Waals surface area contributed by atoms with E-state index in [4.69, 9.17) is 5.11 Å². The van der Waals surface area contributed by atoms with Gasteiger partial charge in [0.25, 0.3) is 0 Å². The summed E-state index contributed by atoms with van der Waals surface area (Å²) in [6, 6.07) is 16.4. The van der Waals surface area contributed by atoms with Crippen molar-refractivity contribution in [3.63, 3.8) is 0 Å². The first kappa shape index (κ1) is 33.6. The number of fused-ring (bicyclic) bond motifs is 1. The summed E-state index contributed by atoms with van der Waals surface area (Å²) in [5, 5.41) is 37.3. The van der Waals surface area contributed by atoms with Gasteiger partial charge in [-0.1, -0.05) is 54.6 Å². The van der Waals surface area contributed by atoms with Crippen molar-refractivity contribution in [3.05, 3.63) is 71.3 Å². The van der Waals surface area contributed by atoms with Gasteiger partial charge in [0, 0.05) is 50.5 Å². The van der Waals surface area contributed by atoms with Crippen LogP contribution >= 0.6 is 0 Å². The zero-order valence-electron chi connectivity index (χ0n) is 26.1. The molecule has 1 aliphatic carbocycles. The lowest BCUT2D eigenvalue weighted by Crippen LogP contribution is -2.62. The molecular formula is C34H48N4O6. The number of piperazine rings is 1. The number of carbonyl (C=O) groups is 3. The molecule has 1 aliphatic heterocycles. The summed E-state index contributed by atoms with van der Waals surface area (Å²) in [4.78, 5) is 42.2. The van der Waals surface area contributed by atoms with E-state index in [1.807, 2.05) is 80.3 Å². The van der Waals surface area contributed by atoms with Gasteiger partial charge in [-0.25, -0.2) is 0 Å². The van der Waals surface area contributed by atoms with Gasteiger partial charge in [-0.2, -0.15) is 0 Å². The maximum Gasteiger partial charge on any atom is 0.303 e. The molecule has 5 atom stereocenters. The van der Waals surface area contributed by atoms with Gasteiger partial charge in [-0.15, -0.1) is 0 Å². The van der Waals surface area contributed by atoms with Crippen molar-refractivity contribution in [2.24, 2.45) is 5.92 Å². The molecular weight excluding hydrogens is 560 g/mol. The van der Waals surface area contributed by atoms with E-state index >= 15 is 0 Å². The summed E-state index contributed by atoms with van der Waals surface area (Å²) >= 11 is 0. The number of aliphatic carboxylic acids is 1. The average Bonchev–Trinajstić information content (AvgIpc) is 3.27. The maximum atomic E-state index is 13.7. The van der Waals surface area contributed by atoms with Crippen molar-refractivity contribution >= 4 is 17.8 Å². The maximum absolute atomic E-state index is 13.7. The number of carboxylic acids is 1. The van der Waals surface area contributed by atoms with Crippen molar-refractivity contribution in [2.75, 3.05) is 32.7 Å². The lowest BCUT2D eigenvalue weighted by atomic mass is 9.91. The molecule has 10 nitrogen and oxygen atoms in total. The van der Waals surface area contributed by atoms with Gasteiger partial charge in [0.2, 0.25) is 11.8 Å². The molecule has 0 saturated carbocycles. The van der Waals surface area contributed by atoms with Crippen molar-refractivity contribution in [1.29, 1.82) is 0 Å². The molecule has 0 bridgehead atoms. The zero-order chi connectivity index (χ0) is 31.9. The Labute approximate surface area is 260 Å². The van der Waals surface area contributed by atoms with Crippen LogP contribution in [0.2, 0.25) is 0 Å². The summed E-state index contributed by atoms with van der Waals surface area (Å²) < 4.78 is 0. The number of aliphatic hydroxyl groups excluding tert-OH is 2. The molecule has 2 aromatic rings. The van der Waals surface area contributed by atoms with Crippen molar-refractivity contribution in [3.8, 4) is 0 Å². The average molecular weight is 609 g/mol. The predicted molar refractivity (Wildman–Crippen MR) is 168 cm³/mol. The summed E-state index contributed by atoms with van der Waals surface area (Å²) in [5.41, 5.74) is 2.48. The first-order chi connectivity index (χ1) is 20.9. The van der Waals surface area contributed by atoms with Crippen LogP contribution in [0.3, 0.4) is 0 Å². The number of carboxylic acid groups (broad SMARTS) is 1. The lowest BCUT2D eigenvalue weighted by Gasteiger charge is -2.42. The van der Waals surface area contributed by atoms with Crippen molar-refractivity contribution in [2.45, 2.75) is 82.7 Å². The molecule has 10 heteroatoms. The lowest BCUT2D eigenvalue weighted by molar-refractivity contribution is -0.137. The number of nitrogens with one attached hydrogen (secondary N) is 2. The minimum Gasteiger partial charge on any atom is -0.481 e. The minimum atomic E-state index is -0.876. The van der Waals surface area contributed by atoms with Crippen LogP contribution in [-0.2, 0) is 27.2 Å². The summed E-state index contributed by atoms with van der Waals surface area (Å²) in [5.74, 6) is -1.75. The molecule has 1 heterocycles. The van der Waals surface area contributed by atoms with Crippen molar-refractivity contribution in [1.82, 2.24) is 20.4 Å². The molecule has 5 N–H and O–H groups in total. The van der Waals surface area contributed by atoms with Crippen LogP contribution in [-0.4, -0.2) is 99.4 Å². The molecule has 1 fully saturated rings. The van der Waals surface area contributed by atoms with Crippen LogP contribution in [0.15, 0.2) is 54.6 Å². The van der Waals surface area contributed by atoms with E-state index in [1.54, 1.807) is 0 Å². The Hall–Kier alpha value is -3.31. The first-order valence-electron chi connectivity index (χ1n) is 15.7. The molecule has 44 heavy (non-hydrogen) atoms. The Morgan fingerprint density at radius 2 is 1.73 bits per heavy atom. The fourth-order valence-corrected chi connectivity index (χ4v) is 6.33. The fraction of sp³-hybridized carbons (Fsp3) is 0.559. The number of hydrogen-bond donors (Lipinski definition) is 5. The normalized spacial score (nSPS) is 22.2. The van der Waals surface area contributed by atoms with E-state index in [9.17, 15) is 24.6 Å². The van der Waals surface area contributed by atoms with Gasteiger partial charge >= 0.3 is 5.97 Å². The molecule has 0 unspecified atom stereocenters. The summed E-state index contributed by atoms with van der Waals surface area (Å²) in [7, 11) is 0. The second kappa shape index (κ2) is 15.1. The number of carbonyl (C=O) groups excluding carboxylic acids is 2. The standard InChI is InChI=1S/C34H48N4O6/c1-34(2,3)36-33(44)28-22-37(15-9-14-30(41)42)16-17-38(28)21-26(39)19-25(18-23-10-5-4-6-11-23)32(43)35-31-27-13-8-7-12-24(27)20-29(31)40/h4-8,10-13,25-26,28-29,31,39-40H,9,14-22H2,1-3H3,(H,35,43)(H,36,44)(H,41,42)/t25-,26+,28+,29-,31+/m1/s1. The fourth-order valence-electron chi connectivity index (χ4n) is 6.33. The van der Waals surface area contributed by atoms with Gasteiger partial charge in [0.15, 0.2) is 0 Å². The van der Waals surface area contributed by atoms with E-state index in [1.165, 1.54) is 0 Å². The zero-order valence-corrected chi connectivity index (χ0v) is 26.1. The van der Waals surface area contributed by atoms with Gasteiger partial charge in [0.1, 0.15) is 6.04 Å². The molecule has 2 aromatic carbocycles. The number of β-amino-alcohol motifs (C(OH)–C–C–N with tert-alkyl or cyclic N) is 1. The van der Waals surface area contributed by atoms with Gasteiger partial charge in [-0.05, 0) is 63.3 Å². The Morgan fingerprint density at radius 1 is 1.02 bits per heavy atom. The third kappa shape index (κ3) is 9.59. The minimum absolute atomic E-state index is 0.0755. The Morgan fingerprint density at radius 3 is 2.43 bits per heavy atom. The smallest absolute Gasteiger partial charge is 0.303 e. The first-order valence-corrected chi connectivity index (χ1v) is 15.7. The van der Waals surface area contributed by atoms with Crippen LogP contribution in [0.4, 0.5) is 0 Å². The molecule has 0 aromatic heterocycles. The number of benzene rings is 2. The molecule has 0 radical (unpaired) electrons. The number of aliphatic hydroxyl groups is 2. The van der Waals surface area contributed by atoms with Gasteiger partial charge in [-0.3, -0.25) is 24.2 Å². The van der Waals surface area contributed by atoms with Gasteiger partial charge < -0.3 is 26.0 Å². The highest BCUT2D eigenvalue weighted by atomic mass is 16.4. The molecule has 0 spiro atoms. The molecule has 1 saturated heterocycles. The molecule has 240 valence electrons. The number of hydrogen-bond acceptors (Lipinski definition) is 7. The van der Waals surface area contributed by atoms with Crippen LogP contribution in [0.5, 0.6) is 0 Å². The Bertz CT molecular complexity index is 1270. The Balaban J connectivity index is 1.45. The summed E-state index contributed by atoms with van der Waals surface area (Å²) in [6.45, 7) is 8.18. The van der Waals surface area contributed by atoms with Crippen LogP contribution in [0, 0.1) is 5.92 Å². The van der Waals surface area contributed by atoms with E-state index in [0.717, 1.165) is 16.7 Å². The highest BCUT2D eigenvalue weighted by Crippen LogP contribution is 2.32. The Kier molecular flexibility index (Phi) is 11.5.